The first-order valence-corrected chi connectivity index (χ1v) is 7.51. The molecular formula is C17H22N2O2. The number of aromatic nitrogens is 1. The summed E-state index contributed by atoms with van der Waals surface area (Å²) in [6.07, 6.45) is 0.992. The Balaban J connectivity index is 2.25. The smallest absolute Gasteiger partial charge is 0.213 e. The van der Waals surface area contributed by atoms with E-state index in [2.05, 4.69) is 24.9 Å². The summed E-state index contributed by atoms with van der Waals surface area (Å²) in [5, 5.41) is 20.6. The van der Waals surface area contributed by atoms with Gasteiger partial charge in [0.2, 0.25) is 5.88 Å². The summed E-state index contributed by atoms with van der Waals surface area (Å²) in [5.74, 6) is 0.744. The number of pyridine rings is 1. The molecule has 1 fully saturated rings. The highest BCUT2D eigenvalue weighted by Gasteiger charge is 2.61. The second kappa shape index (κ2) is 4.45. The number of rotatable bonds is 1. The average Bonchev–Trinajstić information content (AvgIpc) is 2.46. The summed E-state index contributed by atoms with van der Waals surface area (Å²) in [4.78, 5) is 4.55. The van der Waals surface area contributed by atoms with Gasteiger partial charge in [-0.05, 0) is 35.7 Å². The highest BCUT2D eigenvalue weighted by atomic mass is 16.5. The Hall–Kier alpha value is -1.60. The van der Waals surface area contributed by atoms with Crippen molar-refractivity contribution < 1.29 is 9.84 Å². The van der Waals surface area contributed by atoms with Crippen molar-refractivity contribution in [2.24, 2.45) is 17.3 Å². The fraction of sp³-hybridized carbons (Fsp3) is 0.647. The Labute approximate surface area is 125 Å². The van der Waals surface area contributed by atoms with Crippen LogP contribution in [0.5, 0.6) is 5.88 Å². The van der Waals surface area contributed by atoms with Crippen molar-refractivity contribution in [3.63, 3.8) is 0 Å². The molecule has 4 heteroatoms. The zero-order chi connectivity index (χ0) is 15.4. The minimum absolute atomic E-state index is 0.0491. The van der Waals surface area contributed by atoms with Crippen molar-refractivity contribution in [1.29, 1.82) is 5.26 Å². The number of nitrogens with zero attached hydrogens (tertiary/aromatic N) is 2. The minimum atomic E-state index is -0.580. The lowest BCUT2D eigenvalue weighted by molar-refractivity contribution is -0.0870. The maximum atomic E-state index is 10.6. The van der Waals surface area contributed by atoms with Gasteiger partial charge >= 0.3 is 0 Å². The zero-order valence-electron chi connectivity index (χ0n) is 13.1. The van der Waals surface area contributed by atoms with Gasteiger partial charge in [0.25, 0.3) is 0 Å². The molecule has 0 aromatic carbocycles. The van der Waals surface area contributed by atoms with Crippen molar-refractivity contribution in [3.05, 3.63) is 23.4 Å². The average molecular weight is 286 g/mol. The lowest BCUT2D eigenvalue weighted by Gasteiger charge is -2.58. The van der Waals surface area contributed by atoms with Crippen LogP contribution in [0.1, 0.15) is 38.4 Å². The Morgan fingerprint density at radius 2 is 2.14 bits per heavy atom. The Kier molecular flexibility index (Phi) is 3.04. The van der Waals surface area contributed by atoms with Crippen LogP contribution in [-0.4, -0.2) is 23.3 Å². The number of hydrogen-bond acceptors (Lipinski definition) is 4. The van der Waals surface area contributed by atoms with Gasteiger partial charge in [0.1, 0.15) is 0 Å². The number of nitriles is 1. The zero-order valence-corrected chi connectivity index (χ0v) is 13.1. The summed E-state index contributed by atoms with van der Waals surface area (Å²) < 4.78 is 5.21. The molecule has 0 amide bonds. The summed E-state index contributed by atoms with van der Waals surface area (Å²) in [6.45, 7) is 6.27. The molecule has 0 saturated heterocycles. The third-order valence-electron chi connectivity index (χ3n) is 5.87. The molecule has 4 unspecified atom stereocenters. The van der Waals surface area contributed by atoms with E-state index in [0.29, 0.717) is 18.7 Å². The van der Waals surface area contributed by atoms with Crippen LogP contribution in [0.3, 0.4) is 0 Å². The van der Waals surface area contributed by atoms with Crippen LogP contribution < -0.4 is 4.74 Å². The molecule has 112 valence electrons. The molecule has 3 rings (SSSR count). The predicted molar refractivity (Wildman–Crippen MR) is 78.8 cm³/mol. The SMILES string of the molecule is COc1ccc2c(n1)CC1C(O)C(C)CC2(C#N)C1(C)C. The highest BCUT2D eigenvalue weighted by molar-refractivity contribution is 5.45. The van der Waals surface area contributed by atoms with Crippen molar-refractivity contribution in [2.75, 3.05) is 7.11 Å². The second-order valence-corrected chi connectivity index (χ2v) is 7.07. The molecule has 0 aliphatic heterocycles. The summed E-state index contributed by atoms with van der Waals surface area (Å²) in [7, 11) is 1.60. The molecule has 0 spiro atoms. The molecule has 1 heterocycles. The van der Waals surface area contributed by atoms with E-state index in [4.69, 9.17) is 4.74 Å². The van der Waals surface area contributed by atoms with E-state index < -0.39 is 5.41 Å². The number of methoxy groups -OCH3 is 1. The first-order chi connectivity index (χ1) is 9.87. The Morgan fingerprint density at radius 1 is 1.43 bits per heavy atom. The second-order valence-electron chi connectivity index (χ2n) is 7.07. The molecular weight excluding hydrogens is 264 g/mol. The number of aliphatic hydroxyl groups is 1. The Bertz CT molecular complexity index is 620. The van der Waals surface area contributed by atoms with Crippen LogP contribution in [0.25, 0.3) is 0 Å². The minimum Gasteiger partial charge on any atom is -0.481 e. The van der Waals surface area contributed by atoms with E-state index in [0.717, 1.165) is 11.3 Å². The normalized spacial score (nSPS) is 36.5. The number of hydrogen-bond donors (Lipinski definition) is 1. The van der Waals surface area contributed by atoms with E-state index in [1.54, 1.807) is 7.11 Å². The van der Waals surface area contributed by atoms with Crippen molar-refractivity contribution in [3.8, 4) is 11.9 Å². The van der Waals surface area contributed by atoms with Crippen LogP contribution in [0.4, 0.5) is 0 Å². The van der Waals surface area contributed by atoms with Gasteiger partial charge in [-0.1, -0.05) is 26.8 Å². The maximum Gasteiger partial charge on any atom is 0.213 e. The summed E-state index contributed by atoms with van der Waals surface area (Å²) in [5.41, 5.74) is 1.08. The van der Waals surface area contributed by atoms with E-state index in [1.807, 2.05) is 19.1 Å². The molecule has 1 N–H and O–H groups in total. The van der Waals surface area contributed by atoms with Gasteiger partial charge in [-0.25, -0.2) is 4.98 Å². The molecule has 4 atom stereocenters. The molecule has 1 saturated carbocycles. The summed E-state index contributed by atoms with van der Waals surface area (Å²) >= 11 is 0. The molecule has 1 aromatic rings. The molecule has 2 aliphatic carbocycles. The lowest BCUT2D eigenvalue weighted by atomic mass is 9.45. The van der Waals surface area contributed by atoms with Gasteiger partial charge in [0, 0.05) is 11.8 Å². The van der Waals surface area contributed by atoms with Gasteiger partial charge in [-0.15, -0.1) is 0 Å². The Morgan fingerprint density at radius 3 is 2.76 bits per heavy atom. The van der Waals surface area contributed by atoms with Crippen LogP contribution in [0, 0.1) is 28.6 Å². The van der Waals surface area contributed by atoms with Crippen LogP contribution >= 0.6 is 0 Å². The molecule has 2 bridgehead atoms. The van der Waals surface area contributed by atoms with Crippen molar-refractivity contribution in [1.82, 2.24) is 4.98 Å². The van der Waals surface area contributed by atoms with Gasteiger partial charge in [-0.3, -0.25) is 0 Å². The highest BCUT2D eigenvalue weighted by Crippen LogP contribution is 2.60. The quantitative estimate of drug-likeness (QED) is 0.861. The van der Waals surface area contributed by atoms with E-state index in [9.17, 15) is 10.4 Å². The van der Waals surface area contributed by atoms with E-state index >= 15 is 0 Å². The number of aliphatic hydroxyl groups excluding tert-OH is 1. The largest absolute Gasteiger partial charge is 0.481 e. The summed E-state index contributed by atoms with van der Waals surface area (Å²) in [6, 6.07) is 6.42. The molecule has 0 radical (unpaired) electrons. The molecule has 1 aromatic heterocycles. The van der Waals surface area contributed by atoms with Crippen LogP contribution in [0.2, 0.25) is 0 Å². The topological polar surface area (TPSA) is 66.1 Å². The van der Waals surface area contributed by atoms with Crippen molar-refractivity contribution in [2.45, 2.75) is 45.1 Å². The lowest BCUT2D eigenvalue weighted by Crippen LogP contribution is -2.60. The third kappa shape index (κ3) is 1.67. The van der Waals surface area contributed by atoms with Gasteiger partial charge in [0.05, 0.1) is 24.7 Å². The van der Waals surface area contributed by atoms with E-state index in [-0.39, 0.29) is 23.4 Å². The van der Waals surface area contributed by atoms with Gasteiger partial charge in [0.15, 0.2) is 0 Å². The van der Waals surface area contributed by atoms with Crippen LogP contribution in [0.15, 0.2) is 12.1 Å². The molecule has 2 aliphatic rings. The van der Waals surface area contributed by atoms with E-state index in [1.165, 1.54) is 0 Å². The predicted octanol–water partition coefficient (Wildman–Crippen LogP) is 2.45. The fourth-order valence-corrected chi connectivity index (χ4v) is 4.44. The van der Waals surface area contributed by atoms with Gasteiger partial charge in [-0.2, -0.15) is 5.26 Å². The number of fused-ring (bicyclic) bond motifs is 4. The first kappa shape index (κ1) is 14.3. The molecule has 4 nitrogen and oxygen atoms in total. The standard InChI is InChI=1S/C17H22N2O2/c1-10-8-17(9-18)11-5-6-14(21-4)19-13(11)7-12(15(10)20)16(17,2)3/h5-6,10,12,15,20H,7-8H2,1-4H3. The first-order valence-electron chi connectivity index (χ1n) is 7.51. The van der Waals surface area contributed by atoms with Crippen molar-refractivity contribution >= 4 is 0 Å². The monoisotopic (exact) mass is 286 g/mol. The fourth-order valence-electron chi connectivity index (χ4n) is 4.44. The van der Waals surface area contributed by atoms with Gasteiger partial charge < -0.3 is 9.84 Å². The maximum absolute atomic E-state index is 10.6. The number of ether oxygens (including phenoxy) is 1. The third-order valence-corrected chi connectivity index (χ3v) is 5.87. The molecule has 21 heavy (non-hydrogen) atoms. The van der Waals surface area contributed by atoms with Crippen LogP contribution in [-0.2, 0) is 11.8 Å².